The number of ether oxygens (including phenoxy) is 1. The van der Waals surface area contributed by atoms with Gasteiger partial charge in [-0.05, 0) is 64.2 Å². The van der Waals surface area contributed by atoms with Crippen LogP contribution in [0.4, 0.5) is 0 Å². The van der Waals surface area contributed by atoms with E-state index in [9.17, 15) is 19.8 Å². The van der Waals surface area contributed by atoms with Crippen molar-refractivity contribution in [3.05, 3.63) is 36.5 Å². The molecule has 3 N–H and O–H groups in total. The standard InChI is InChI=1S/C70H133NO5/c1-3-5-7-9-11-13-15-16-17-18-30-33-36-39-43-46-50-54-58-62-68(73)67(66-72)71-69(74)63-59-55-51-47-44-40-37-34-31-28-26-24-22-20-19-21-23-25-27-29-32-35-38-41-45-49-53-57-61-65-76-70(75)64-60-56-52-48-42-14-12-10-8-6-4-2/h19,21,25,27,58,62,67-68,72-73H,3-18,20,22-24,26,28-57,59-61,63-66H2,1-2H3,(H,71,74)/b21-19-,27-25-,62-58+. The molecule has 76 heavy (non-hydrogen) atoms. The second-order valence-corrected chi connectivity index (χ2v) is 23.5. The van der Waals surface area contributed by atoms with Crippen molar-refractivity contribution in [1.82, 2.24) is 5.32 Å². The molecule has 2 unspecified atom stereocenters. The van der Waals surface area contributed by atoms with E-state index in [1.54, 1.807) is 6.08 Å². The fourth-order valence-electron chi connectivity index (χ4n) is 10.7. The van der Waals surface area contributed by atoms with Gasteiger partial charge in [-0.15, -0.1) is 0 Å². The first kappa shape index (κ1) is 74.1. The third kappa shape index (κ3) is 61.3. The van der Waals surface area contributed by atoms with Crippen LogP contribution in [0.1, 0.15) is 373 Å². The van der Waals surface area contributed by atoms with E-state index < -0.39 is 12.1 Å². The van der Waals surface area contributed by atoms with E-state index in [0.29, 0.717) is 19.4 Å². The molecule has 6 heteroatoms. The number of esters is 1. The van der Waals surface area contributed by atoms with E-state index in [1.165, 1.54) is 302 Å². The lowest BCUT2D eigenvalue weighted by atomic mass is 10.0. The molecule has 0 heterocycles. The monoisotopic (exact) mass is 1070 g/mol. The Kier molecular flexibility index (Phi) is 63.9. The van der Waals surface area contributed by atoms with Gasteiger partial charge in [0.1, 0.15) is 0 Å². The van der Waals surface area contributed by atoms with Gasteiger partial charge in [0.25, 0.3) is 0 Å². The maximum absolute atomic E-state index is 12.5. The molecule has 0 saturated heterocycles. The molecule has 0 aliphatic carbocycles. The molecule has 0 aromatic carbocycles. The Morgan fingerprint density at radius 2 is 0.658 bits per heavy atom. The van der Waals surface area contributed by atoms with Gasteiger partial charge >= 0.3 is 5.97 Å². The number of aliphatic hydroxyl groups excluding tert-OH is 2. The highest BCUT2D eigenvalue weighted by Crippen LogP contribution is 2.18. The number of amides is 1. The quantitative estimate of drug-likeness (QED) is 0.0320. The lowest BCUT2D eigenvalue weighted by Gasteiger charge is -2.20. The maximum Gasteiger partial charge on any atom is 0.305 e. The van der Waals surface area contributed by atoms with Crippen LogP contribution < -0.4 is 5.32 Å². The van der Waals surface area contributed by atoms with Crippen LogP contribution in [0.5, 0.6) is 0 Å². The SMILES string of the molecule is CCCCCCCCCCCCCCCCCCC/C=C/C(O)C(CO)NC(=O)CCCCCCCCCCCCCCC/C=C\C/C=C\CCCCCCCCCCCOC(=O)CCCCCCCCCCCCC. The van der Waals surface area contributed by atoms with Crippen molar-refractivity contribution in [2.45, 2.75) is 386 Å². The van der Waals surface area contributed by atoms with Crippen LogP contribution in [0, 0.1) is 0 Å². The number of hydrogen-bond acceptors (Lipinski definition) is 5. The number of nitrogens with one attached hydrogen (secondary N) is 1. The third-order valence-electron chi connectivity index (χ3n) is 15.9. The first-order valence-corrected chi connectivity index (χ1v) is 34.3. The summed E-state index contributed by atoms with van der Waals surface area (Å²) in [5.41, 5.74) is 0. The Hall–Kier alpha value is -1.92. The number of allylic oxidation sites excluding steroid dienone is 5. The average Bonchev–Trinajstić information content (AvgIpc) is 3.42. The predicted octanol–water partition coefficient (Wildman–Crippen LogP) is 21.9. The van der Waals surface area contributed by atoms with E-state index in [-0.39, 0.29) is 18.5 Å². The van der Waals surface area contributed by atoms with Crippen molar-refractivity contribution in [3.8, 4) is 0 Å². The topological polar surface area (TPSA) is 95.9 Å². The Balaban J connectivity index is 3.43. The number of rotatable bonds is 64. The van der Waals surface area contributed by atoms with Crippen molar-refractivity contribution >= 4 is 11.9 Å². The Morgan fingerprint density at radius 3 is 1.00 bits per heavy atom. The molecule has 0 saturated carbocycles. The summed E-state index contributed by atoms with van der Waals surface area (Å²) in [7, 11) is 0. The molecular formula is C70H133NO5. The average molecular weight is 1070 g/mol. The zero-order valence-electron chi connectivity index (χ0n) is 51.3. The number of hydrogen-bond donors (Lipinski definition) is 3. The number of carbonyl (C=O) groups excluding carboxylic acids is 2. The molecule has 0 bridgehead atoms. The highest BCUT2D eigenvalue weighted by Gasteiger charge is 2.18. The second kappa shape index (κ2) is 65.6. The first-order valence-electron chi connectivity index (χ1n) is 34.3. The van der Waals surface area contributed by atoms with Crippen molar-refractivity contribution in [3.63, 3.8) is 0 Å². The predicted molar refractivity (Wildman–Crippen MR) is 333 cm³/mol. The van der Waals surface area contributed by atoms with Gasteiger partial charge in [0.15, 0.2) is 0 Å². The van der Waals surface area contributed by atoms with E-state index in [0.717, 1.165) is 44.9 Å². The van der Waals surface area contributed by atoms with Gasteiger partial charge in [0.05, 0.1) is 25.4 Å². The summed E-state index contributed by atoms with van der Waals surface area (Å²) in [5.74, 6) is -0.0543. The van der Waals surface area contributed by atoms with Crippen molar-refractivity contribution in [2.24, 2.45) is 0 Å². The van der Waals surface area contributed by atoms with Gasteiger partial charge < -0.3 is 20.3 Å². The van der Waals surface area contributed by atoms with Crippen molar-refractivity contribution < 1.29 is 24.5 Å². The fourth-order valence-corrected chi connectivity index (χ4v) is 10.7. The van der Waals surface area contributed by atoms with Gasteiger partial charge in [-0.3, -0.25) is 9.59 Å². The molecule has 1 amide bonds. The zero-order valence-corrected chi connectivity index (χ0v) is 51.3. The Labute approximate surface area is 474 Å². The molecule has 0 aliphatic heterocycles. The summed E-state index contributed by atoms with van der Waals surface area (Å²) in [6.07, 6.45) is 83.6. The summed E-state index contributed by atoms with van der Waals surface area (Å²) in [4.78, 5) is 24.5. The van der Waals surface area contributed by atoms with Crippen LogP contribution in [-0.2, 0) is 14.3 Å². The molecule has 0 spiro atoms. The number of aliphatic hydroxyl groups is 2. The van der Waals surface area contributed by atoms with Gasteiger partial charge in [0, 0.05) is 12.8 Å². The summed E-state index contributed by atoms with van der Waals surface area (Å²) in [6.45, 7) is 4.93. The molecule has 0 aliphatic rings. The smallest absolute Gasteiger partial charge is 0.305 e. The normalized spacial score (nSPS) is 12.7. The summed E-state index contributed by atoms with van der Waals surface area (Å²) in [6, 6.07) is -0.629. The lowest BCUT2D eigenvalue weighted by molar-refractivity contribution is -0.143. The van der Waals surface area contributed by atoms with E-state index >= 15 is 0 Å². The van der Waals surface area contributed by atoms with Crippen LogP contribution in [0.2, 0.25) is 0 Å². The molecule has 0 aromatic heterocycles. The van der Waals surface area contributed by atoms with Crippen LogP contribution in [0.25, 0.3) is 0 Å². The number of unbranched alkanes of at least 4 members (excludes halogenated alkanes) is 49. The first-order chi connectivity index (χ1) is 37.5. The minimum Gasteiger partial charge on any atom is -0.466 e. The van der Waals surface area contributed by atoms with E-state index in [1.807, 2.05) is 6.08 Å². The Morgan fingerprint density at radius 1 is 0.368 bits per heavy atom. The van der Waals surface area contributed by atoms with Crippen molar-refractivity contribution in [2.75, 3.05) is 13.2 Å². The van der Waals surface area contributed by atoms with E-state index in [4.69, 9.17) is 4.74 Å². The van der Waals surface area contributed by atoms with E-state index in [2.05, 4.69) is 43.5 Å². The second-order valence-electron chi connectivity index (χ2n) is 23.5. The molecule has 0 radical (unpaired) electrons. The van der Waals surface area contributed by atoms with Crippen LogP contribution >= 0.6 is 0 Å². The number of carbonyl (C=O) groups is 2. The lowest BCUT2D eigenvalue weighted by Crippen LogP contribution is -2.45. The van der Waals surface area contributed by atoms with Gasteiger partial charge in [-0.2, -0.15) is 0 Å². The minimum atomic E-state index is -0.846. The van der Waals surface area contributed by atoms with Gasteiger partial charge in [0.2, 0.25) is 5.91 Å². The molecule has 6 nitrogen and oxygen atoms in total. The summed E-state index contributed by atoms with van der Waals surface area (Å²) >= 11 is 0. The van der Waals surface area contributed by atoms with Crippen LogP contribution in [-0.4, -0.2) is 47.4 Å². The Bertz CT molecular complexity index is 1230. The molecule has 0 fully saturated rings. The summed E-state index contributed by atoms with van der Waals surface area (Å²) in [5, 5.41) is 23.2. The highest BCUT2D eigenvalue weighted by atomic mass is 16.5. The highest BCUT2D eigenvalue weighted by molar-refractivity contribution is 5.76. The van der Waals surface area contributed by atoms with Gasteiger partial charge in [-0.25, -0.2) is 0 Å². The molecule has 2 atom stereocenters. The van der Waals surface area contributed by atoms with Crippen LogP contribution in [0.3, 0.4) is 0 Å². The third-order valence-corrected chi connectivity index (χ3v) is 15.9. The maximum atomic E-state index is 12.5. The van der Waals surface area contributed by atoms with Gasteiger partial charge in [-0.1, -0.05) is 333 Å². The molecular weight excluding hydrogens is 935 g/mol. The zero-order chi connectivity index (χ0) is 55.0. The minimum absolute atomic E-state index is 0.0116. The fraction of sp³-hybridized carbons (Fsp3) is 0.886. The van der Waals surface area contributed by atoms with Crippen molar-refractivity contribution in [1.29, 1.82) is 0 Å². The molecule has 448 valence electrons. The molecule has 0 rings (SSSR count). The largest absolute Gasteiger partial charge is 0.466 e. The van der Waals surface area contributed by atoms with Crippen LogP contribution in [0.15, 0.2) is 36.5 Å². The summed E-state index contributed by atoms with van der Waals surface area (Å²) < 4.78 is 5.47. The molecule has 0 aromatic rings.